The predicted octanol–water partition coefficient (Wildman–Crippen LogP) is 0.504. The lowest BCUT2D eigenvalue weighted by molar-refractivity contribution is -0.0857. The van der Waals surface area contributed by atoms with Crippen molar-refractivity contribution in [2.75, 3.05) is 13.2 Å². The molecule has 1 fully saturated rings. The highest BCUT2D eigenvalue weighted by atomic mass is 16.5. The van der Waals surface area contributed by atoms with Crippen molar-refractivity contribution < 1.29 is 9.84 Å². The normalized spacial score (nSPS) is 27.9. The maximum Gasteiger partial charge on any atom is 0.111 e. The third-order valence-electron chi connectivity index (χ3n) is 2.71. The molecule has 0 saturated carbocycles. The van der Waals surface area contributed by atoms with E-state index >= 15 is 0 Å². The van der Waals surface area contributed by atoms with Crippen LogP contribution in [0.1, 0.15) is 18.7 Å². The van der Waals surface area contributed by atoms with Gasteiger partial charge in [0.1, 0.15) is 5.82 Å². The summed E-state index contributed by atoms with van der Waals surface area (Å²) in [5.41, 5.74) is -0.711. The second-order valence-electron chi connectivity index (χ2n) is 4.01. The third kappa shape index (κ3) is 1.96. The summed E-state index contributed by atoms with van der Waals surface area (Å²) in [5.74, 6) is 0.915. The van der Waals surface area contributed by atoms with Gasteiger partial charge in [-0.3, -0.25) is 0 Å². The topological polar surface area (TPSA) is 47.3 Å². The van der Waals surface area contributed by atoms with Crippen LogP contribution >= 0.6 is 0 Å². The average molecular weight is 196 g/mol. The Hall–Kier alpha value is -0.870. The summed E-state index contributed by atoms with van der Waals surface area (Å²) in [5, 5.41) is 10.2. The number of hydrogen-bond acceptors (Lipinski definition) is 3. The maximum absolute atomic E-state index is 10.2. The molecule has 4 heteroatoms. The van der Waals surface area contributed by atoms with Crippen molar-refractivity contribution >= 4 is 0 Å². The van der Waals surface area contributed by atoms with Crippen LogP contribution in [0.15, 0.2) is 12.4 Å². The van der Waals surface area contributed by atoms with E-state index in [1.807, 2.05) is 17.8 Å². The van der Waals surface area contributed by atoms with E-state index < -0.39 is 5.60 Å². The number of aryl methyl sites for hydroxylation is 1. The molecule has 0 aliphatic carbocycles. The predicted molar refractivity (Wildman–Crippen MR) is 51.9 cm³/mol. The summed E-state index contributed by atoms with van der Waals surface area (Å²) in [6.07, 6.45) is 5.96. The van der Waals surface area contributed by atoms with E-state index in [0.717, 1.165) is 25.3 Å². The van der Waals surface area contributed by atoms with Crippen LogP contribution in [0.5, 0.6) is 0 Å². The molecule has 0 spiro atoms. The highest BCUT2D eigenvalue weighted by molar-refractivity contribution is 4.98. The molecule has 2 rings (SSSR count). The minimum Gasteiger partial charge on any atom is -0.387 e. The molecule has 1 aromatic heterocycles. The van der Waals surface area contributed by atoms with Crippen LogP contribution in [0.3, 0.4) is 0 Å². The van der Waals surface area contributed by atoms with E-state index in [1.165, 1.54) is 0 Å². The maximum atomic E-state index is 10.2. The summed E-state index contributed by atoms with van der Waals surface area (Å²) in [4.78, 5) is 4.20. The van der Waals surface area contributed by atoms with Crippen molar-refractivity contribution in [2.24, 2.45) is 7.05 Å². The molecule has 0 radical (unpaired) electrons. The molecular formula is C10H16N2O2. The summed E-state index contributed by atoms with van der Waals surface area (Å²) in [7, 11) is 1.94. The molecule has 14 heavy (non-hydrogen) atoms. The number of nitrogens with zero attached hydrogens (tertiary/aromatic N) is 2. The zero-order valence-corrected chi connectivity index (χ0v) is 8.44. The number of rotatable bonds is 2. The van der Waals surface area contributed by atoms with E-state index in [2.05, 4.69) is 4.98 Å². The van der Waals surface area contributed by atoms with Gasteiger partial charge < -0.3 is 14.4 Å². The van der Waals surface area contributed by atoms with Gasteiger partial charge in [0.2, 0.25) is 0 Å². The fourth-order valence-corrected chi connectivity index (χ4v) is 1.84. The first-order valence-corrected chi connectivity index (χ1v) is 4.96. The highest BCUT2D eigenvalue weighted by Crippen LogP contribution is 2.22. The Morgan fingerprint density at radius 1 is 1.71 bits per heavy atom. The standard InChI is InChI=1S/C10H16N2O2/c1-12-5-4-11-9(12)7-10(13)3-2-6-14-8-10/h4-5,13H,2-3,6-8H2,1H3. The van der Waals surface area contributed by atoms with Gasteiger partial charge in [0.25, 0.3) is 0 Å². The van der Waals surface area contributed by atoms with Gasteiger partial charge in [0.05, 0.1) is 12.2 Å². The van der Waals surface area contributed by atoms with Gasteiger partial charge in [-0.25, -0.2) is 4.98 Å². The lowest BCUT2D eigenvalue weighted by atomic mass is 9.93. The van der Waals surface area contributed by atoms with E-state index in [4.69, 9.17) is 4.74 Å². The Morgan fingerprint density at radius 2 is 2.57 bits per heavy atom. The van der Waals surface area contributed by atoms with Crippen molar-refractivity contribution in [3.8, 4) is 0 Å². The molecule has 1 aliphatic rings. The lowest BCUT2D eigenvalue weighted by Gasteiger charge is -2.31. The quantitative estimate of drug-likeness (QED) is 0.749. The molecule has 1 N–H and O–H groups in total. The van der Waals surface area contributed by atoms with E-state index in [0.29, 0.717) is 13.0 Å². The fraction of sp³-hybridized carbons (Fsp3) is 0.700. The number of aliphatic hydroxyl groups is 1. The first kappa shape index (κ1) is 9.68. The SMILES string of the molecule is Cn1ccnc1CC1(O)CCCOC1. The molecule has 1 unspecified atom stereocenters. The summed E-state index contributed by atoms with van der Waals surface area (Å²) < 4.78 is 7.22. The van der Waals surface area contributed by atoms with Gasteiger partial charge >= 0.3 is 0 Å². The van der Waals surface area contributed by atoms with Gasteiger partial charge in [-0.1, -0.05) is 0 Å². The number of ether oxygens (including phenoxy) is 1. The van der Waals surface area contributed by atoms with Gasteiger partial charge in [0, 0.05) is 32.5 Å². The van der Waals surface area contributed by atoms with Crippen LogP contribution in [-0.4, -0.2) is 33.5 Å². The van der Waals surface area contributed by atoms with Crippen LogP contribution in [0.2, 0.25) is 0 Å². The zero-order chi connectivity index (χ0) is 10.0. The monoisotopic (exact) mass is 196 g/mol. The lowest BCUT2D eigenvalue weighted by Crippen LogP contribution is -2.41. The van der Waals surface area contributed by atoms with Crippen LogP contribution in [-0.2, 0) is 18.2 Å². The van der Waals surface area contributed by atoms with Crippen LogP contribution in [0, 0.1) is 0 Å². The first-order valence-electron chi connectivity index (χ1n) is 4.96. The molecule has 0 amide bonds. The molecule has 4 nitrogen and oxygen atoms in total. The van der Waals surface area contributed by atoms with Gasteiger partial charge in [-0.05, 0) is 12.8 Å². The van der Waals surface area contributed by atoms with Crippen LogP contribution < -0.4 is 0 Å². The van der Waals surface area contributed by atoms with Crippen molar-refractivity contribution in [3.63, 3.8) is 0 Å². The zero-order valence-electron chi connectivity index (χ0n) is 8.44. The van der Waals surface area contributed by atoms with Crippen molar-refractivity contribution in [2.45, 2.75) is 24.9 Å². The number of imidazole rings is 1. The minimum atomic E-state index is -0.711. The smallest absolute Gasteiger partial charge is 0.111 e. The molecule has 78 valence electrons. The molecule has 1 saturated heterocycles. The molecule has 1 atom stereocenters. The van der Waals surface area contributed by atoms with Crippen molar-refractivity contribution in [1.82, 2.24) is 9.55 Å². The van der Waals surface area contributed by atoms with Crippen LogP contribution in [0.4, 0.5) is 0 Å². The molecule has 1 aliphatic heterocycles. The van der Waals surface area contributed by atoms with Crippen LogP contribution in [0.25, 0.3) is 0 Å². The highest BCUT2D eigenvalue weighted by Gasteiger charge is 2.31. The Kier molecular flexibility index (Phi) is 2.56. The van der Waals surface area contributed by atoms with Gasteiger partial charge in [-0.15, -0.1) is 0 Å². The Balaban J connectivity index is 2.05. The Labute approximate surface area is 83.5 Å². The second-order valence-corrected chi connectivity index (χ2v) is 4.01. The Bertz CT molecular complexity index is 303. The van der Waals surface area contributed by atoms with Crippen molar-refractivity contribution in [3.05, 3.63) is 18.2 Å². The second kappa shape index (κ2) is 3.71. The molecular weight excluding hydrogens is 180 g/mol. The molecule has 1 aromatic rings. The average Bonchev–Trinajstić information content (AvgIpc) is 2.52. The third-order valence-corrected chi connectivity index (χ3v) is 2.71. The van der Waals surface area contributed by atoms with E-state index in [-0.39, 0.29) is 0 Å². The van der Waals surface area contributed by atoms with Gasteiger partial charge in [-0.2, -0.15) is 0 Å². The van der Waals surface area contributed by atoms with E-state index in [9.17, 15) is 5.11 Å². The Morgan fingerprint density at radius 3 is 3.14 bits per heavy atom. The largest absolute Gasteiger partial charge is 0.387 e. The number of hydrogen-bond donors (Lipinski definition) is 1. The van der Waals surface area contributed by atoms with Gasteiger partial charge in [0.15, 0.2) is 0 Å². The summed E-state index contributed by atoms with van der Waals surface area (Å²) >= 11 is 0. The number of aromatic nitrogens is 2. The minimum absolute atomic E-state index is 0.430. The summed E-state index contributed by atoms with van der Waals surface area (Å²) in [6, 6.07) is 0. The summed E-state index contributed by atoms with van der Waals surface area (Å²) in [6.45, 7) is 1.20. The molecule has 0 aromatic carbocycles. The first-order chi connectivity index (χ1) is 6.70. The van der Waals surface area contributed by atoms with Crippen molar-refractivity contribution in [1.29, 1.82) is 0 Å². The molecule has 2 heterocycles. The fourth-order valence-electron chi connectivity index (χ4n) is 1.84. The van der Waals surface area contributed by atoms with E-state index in [1.54, 1.807) is 6.20 Å². The molecule has 0 bridgehead atoms.